The lowest BCUT2D eigenvalue weighted by atomic mass is 10.0. The van der Waals surface area contributed by atoms with Gasteiger partial charge in [0.1, 0.15) is 0 Å². The standard InChI is InChI=1S/C13H23N3O2/c1-3-14-12(18)16-11(17)9(2)15-8-13(6-7-13)10-4-5-10/h9-10,15H,3-8H2,1-2H3,(H2,14,16,17,18). The lowest BCUT2D eigenvalue weighted by molar-refractivity contribution is -0.121. The summed E-state index contributed by atoms with van der Waals surface area (Å²) in [4.78, 5) is 22.9. The lowest BCUT2D eigenvalue weighted by Crippen LogP contribution is -2.49. The maximum absolute atomic E-state index is 11.7. The van der Waals surface area contributed by atoms with E-state index in [9.17, 15) is 9.59 Å². The summed E-state index contributed by atoms with van der Waals surface area (Å²) in [5.41, 5.74) is 0.472. The topological polar surface area (TPSA) is 70.2 Å². The molecule has 5 nitrogen and oxygen atoms in total. The zero-order valence-corrected chi connectivity index (χ0v) is 11.2. The largest absolute Gasteiger partial charge is 0.338 e. The predicted octanol–water partition coefficient (Wildman–Crippen LogP) is 1.00. The van der Waals surface area contributed by atoms with E-state index in [1.54, 1.807) is 6.92 Å². The third-order valence-corrected chi connectivity index (χ3v) is 4.06. The van der Waals surface area contributed by atoms with Gasteiger partial charge in [0, 0.05) is 13.1 Å². The molecule has 0 radical (unpaired) electrons. The Morgan fingerprint density at radius 3 is 2.50 bits per heavy atom. The average Bonchev–Trinajstić information content (AvgIpc) is 3.16. The summed E-state index contributed by atoms with van der Waals surface area (Å²) in [7, 11) is 0. The Morgan fingerprint density at radius 2 is 2.00 bits per heavy atom. The second-order valence-electron chi connectivity index (χ2n) is 5.59. The van der Waals surface area contributed by atoms with E-state index in [-0.39, 0.29) is 11.9 Å². The molecule has 0 aromatic heterocycles. The highest BCUT2D eigenvalue weighted by Gasteiger charge is 2.53. The maximum atomic E-state index is 11.7. The van der Waals surface area contributed by atoms with Gasteiger partial charge in [-0.15, -0.1) is 0 Å². The van der Waals surface area contributed by atoms with Gasteiger partial charge in [-0.3, -0.25) is 10.1 Å². The molecule has 2 aliphatic carbocycles. The quantitative estimate of drug-likeness (QED) is 0.661. The zero-order valence-electron chi connectivity index (χ0n) is 11.2. The number of hydrogen-bond acceptors (Lipinski definition) is 3. The number of carbonyl (C=O) groups is 2. The van der Waals surface area contributed by atoms with Crippen molar-refractivity contribution in [1.82, 2.24) is 16.0 Å². The summed E-state index contributed by atoms with van der Waals surface area (Å²) in [6.45, 7) is 5.04. The van der Waals surface area contributed by atoms with Crippen LogP contribution in [0.1, 0.15) is 39.5 Å². The summed E-state index contributed by atoms with van der Waals surface area (Å²) in [5, 5.41) is 8.14. The van der Waals surface area contributed by atoms with Gasteiger partial charge >= 0.3 is 6.03 Å². The monoisotopic (exact) mass is 253 g/mol. The van der Waals surface area contributed by atoms with Crippen LogP contribution in [0.25, 0.3) is 0 Å². The number of nitrogens with one attached hydrogen (secondary N) is 3. The molecule has 102 valence electrons. The number of amides is 3. The molecule has 3 amide bonds. The minimum absolute atomic E-state index is 0.257. The minimum atomic E-state index is -0.417. The molecule has 0 aliphatic heterocycles. The number of hydrogen-bond donors (Lipinski definition) is 3. The van der Waals surface area contributed by atoms with Gasteiger partial charge in [-0.25, -0.2) is 4.79 Å². The minimum Gasteiger partial charge on any atom is -0.338 e. The molecule has 0 saturated heterocycles. The Morgan fingerprint density at radius 1 is 1.33 bits per heavy atom. The van der Waals surface area contributed by atoms with Gasteiger partial charge in [0.15, 0.2) is 0 Å². The summed E-state index contributed by atoms with van der Waals surface area (Å²) in [5.74, 6) is 0.621. The number of carbonyl (C=O) groups excluding carboxylic acids is 2. The molecule has 0 spiro atoms. The van der Waals surface area contributed by atoms with E-state index in [1.165, 1.54) is 25.7 Å². The first kappa shape index (κ1) is 13.3. The Kier molecular flexibility index (Phi) is 3.90. The van der Waals surface area contributed by atoms with Crippen LogP contribution in [0.3, 0.4) is 0 Å². The van der Waals surface area contributed by atoms with Crippen molar-refractivity contribution in [2.45, 2.75) is 45.6 Å². The Hall–Kier alpha value is -1.10. The molecule has 0 heterocycles. The molecule has 3 N–H and O–H groups in total. The number of urea groups is 1. The first-order valence-electron chi connectivity index (χ1n) is 6.89. The molecule has 1 atom stereocenters. The van der Waals surface area contributed by atoms with Crippen LogP contribution in [0.4, 0.5) is 4.79 Å². The van der Waals surface area contributed by atoms with E-state index in [0.29, 0.717) is 12.0 Å². The average molecular weight is 253 g/mol. The van der Waals surface area contributed by atoms with Crippen molar-refractivity contribution in [2.75, 3.05) is 13.1 Å². The molecule has 18 heavy (non-hydrogen) atoms. The predicted molar refractivity (Wildman–Crippen MR) is 69.1 cm³/mol. The molecule has 0 aromatic carbocycles. The molecule has 5 heteroatoms. The van der Waals surface area contributed by atoms with Gasteiger partial charge in [-0.1, -0.05) is 0 Å². The van der Waals surface area contributed by atoms with Crippen LogP contribution in [0, 0.1) is 11.3 Å². The second-order valence-corrected chi connectivity index (χ2v) is 5.59. The highest BCUT2D eigenvalue weighted by atomic mass is 16.2. The van der Waals surface area contributed by atoms with E-state index in [2.05, 4.69) is 16.0 Å². The van der Waals surface area contributed by atoms with Crippen LogP contribution in [0.5, 0.6) is 0 Å². The third kappa shape index (κ3) is 3.22. The first-order valence-corrected chi connectivity index (χ1v) is 6.89. The molecule has 2 rings (SSSR count). The van der Waals surface area contributed by atoms with Gasteiger partial charge in [-0.05, 0) is 50.9 Å². The van der Waals surface area contributed by atoms with E-state index in [1.807, 2.05) is 6.92 Å². The zero-order chi connectivity index (χ0) is 13.2. The Labute approximate surface area is 108 Å². The van der Waals surface area contributed by atoms with Crippen LogP contribution < -0.4 is 16.0 Å². The Balaban J connectivity index is 1.69. The fourth-order valence-electron chi connectivity index (χ4n) is 2.46. The highest BCUT2D eigenvalue weighted by molar-refractivity contribution is 5.96. The van der Waals surface area contributed by atoms with E-state index >= 15 is 0 Å². The molecular formula is C13H23N3O2. The third-order valence-electron chi connectivity index (χ3n) is 4.06. The lowest BCUT2D eigenvalue weighted by Gasteiger charge is -2.19. The van der Waals surface area contributed by atoms with Crippen LogP contribution in [-0.2, 0) is 4.79 Å². The summed E-state index contributed by atoms with van der Waals surface area (Å²) in [6, 6.07) is -0.733. The van der Waals surface area contributed by atoms with Gasteiger partial charge in [0.25, 0.3) is 0 Å². The van der Waals surface area contributed by atoms with E-state index in [0.717, 1.165) is 12.5 Å². The number of imide groups is 1. The first-order chi connectivity index (χ1) is 8.57. The molecule has 0 aromatic rings. The normalized spacial score (nSPS) is 22.1. The molecule has 0 bridgehead atoms. The van der Waals surface area contributed by atoms with Crippen molar-refractivity contribution in [1.29, 1.82) is 0 Å². The van der Waals surface area contributed by atoms with Gasteiger partial charge in [-0.2, -0.15) is 0 Å². The molecule has 2 fully saturated rings. The van der Waals surface area contributed by atoms with Crippen LogP contribution in [0.15, 0.2) is 0 Å². The maximum Gasteiger partial charge on any atom is 0.321 e. The van der Waals surface area contributed by atoms with Crippen molar-refractivity contribution >= 4 is 11.9 Å². The second kappa shape index (κ2) is 5.26. The Bertz CT molecular complexity index is 335. The smallest absolute Gasteiger partial charge is 0.321 e. The van der Waals surface area contributed by atoms with Crippen LogP contribution in [-0.4, -0.2) is 31.1 Å². The summed E-state index contributed by atoms with van der Waals surface area (Å²) in [6.07, 6.45) is 5.27. The van der Waals surface area contributed by atoms with Crippen molar-refractivity contribution in [3.63, 3.8) is 0 Å². The SMILES string of the molecule is CCNC(=O)NC(=O)C(C)NCC1(C2CC2)CC1. The fraction of sp³-hybridized carbons (Fsp3) is 0.846. The van der Waals surface area contributed by atoms with Crippen molar-refractivity contribution < 1.29 is 9.59 Å². The van der Waals surface area contributed by atoms with Crippen LogP contribution in [0.2, 0.25) is 0 Å². The van der Waals surface area contributed by atoms with E-state index < -0.39 is 6.03 Å². The molecule has 1 unspecified atom stereocenters. The van der Waals surface area contributed by atoms with Gasteiger partial charge in [0.2, 0.25) is 5.91 Å². The van der Waals surface area contributed by atoms with Gasteiger partial charge < -0.3 is 10.6 Å². The van der Waals surface area contributed by atoms with Crippen molar-refractivity contribution in [2.24, 2.45) is 11.3 Å². The van der Waals surface area contributed by atoms with Crippen LogP contribution >= 0.6 is 0 Å². The van der Waals surface area contributed by atoms with Gasteiger partial charge in [0.05, 0.1) is 6.04 Å². The molecule has 2 aliphatic rings. The fourth-order valence-corrected chi connectivity index (χ4v) is 2.46. The highest BCUT2D eigenvalue weighted by Crippen LogP contribution is 2.60. The summed E-state index contributed by atoms with van der Waals surface area (Å²) < 4.78 is 0. The van der Waals surface area contributed by atoms with E-state index in [4.69, 9.17) is 0 Å². The van der Waals surface area contributed by atoms with Crippen molar-refractivity contribution in [3.8, 4) is 0 Å². The summed E-state index contributed by atoms with van der Waals surface area (Å²) >= 11 is 0. The number of rotatable bonds is 6. The molecular weight excluding hydrogens is 230 g/mol. The van der Waals surface area contributed by atoms with Crippen molar-refractivity contribution in [3.05, 3.63) is 0 Å². The molecule has 2 saturated carbocycles.